The molecule has 2 unspecified atom stereocenters. The van der Waals surface area contributed by atoms with Gasteiger partial charge in [0.05, 0.1) is 13.2 Å². The third kappa shape index (κ3) is 51.8. The van der Waals surface area contributed by atoms with E-state index < -0.39 is 26.5 Å². The van der Waals surface area contributed by atoms with Crippen LogP contribution in [0.4, 0.5) is 0 Å². The third-order valence-electron chi connectivity index (χ3n) is 10.5. The fraction of sp³-hybridized carbons (Fsp3) is 0.673. The number of phosphoric acid groups is 1. The minimum absolute atomic E-state index is 0.0700. The largest absolute Gasteiger partial charge is 0.472 e. The zero-order valence-electron chi connectivity index (χ0n) is 41.1. The number of hydrogen-bond acceptors (Lipinski definition) is 7. The second-order valence-corrected chi connectivity index (χ2v) is 18.2. The van der Waals surface area contributed by atoms with Gasteiger partial charge in [0.2, 0.25) is 5.91 Å². The molecular formula is C55H94NO8P. The van der Waals surface area contributed by atoms with Crippen molar-refractivity contribution in [2.75, 3.05) is 26.4 Å². The standard InChI is InChI=1S/C55H94NO8P/c1-3-5-7-9-11-13-15-17-19-21-23-25-26-28-30-32-34-36-38-40-42-44-46-48-55(59)62-51-53(57)52-64-65(60,61)63-50-49-56-54(58)47-45-43-41-39-37-35-33-31-29-27-24-22-20-18-16-14-12-10-8-6-4-2/h5,7,11,13,17-20,23,25,28,30,34,36,40,42,53,57H,3-4,6,8-10,12,14-16,21-22,24,26-27,29,31-33,35,37-39,41,43-52H2,1-2H3,(H,56,58)(H,60,61)/b7-5-,13-11-,19-17-,20-18+,25-23-,30-28-,36-34-,42-40-. The molecule has 0 fully saturated rings. The number of amides is 1. The molecule has 0 saturated carbocycles. The van der Waals surface area contributed by atoms with Gasteiger partial charge < -0.3 is 20.1 Å². The monoisotopic (exact) mass is 928 g/mol. The Balaban J connectivity index is 3.67. The number of phosphoric ester groups is 1. The number of unbranched alkanes of at least 4 members (excludes halogenated alkanes) is 18. The van der Waals surface area contributed by atoms with E-state index in [0.29, 0.717) is 12.8 Å². The van der Waals surface area contributed by atoms with Gasteiger partial charge >= 0.3 is 13.8 Å². The molecule has 0 aromatic heterocycles. The van der Waals surface area contributed by atoms with Crippen LogP contribution in [0.5, 0.6) is 0 Å². The van der Waals surface area contributed by atoms with Gasteiger partial charge in [-0.15, -0.1) is 0 Å². The maximum Gasteiger partial charge on any atom is 0.472 e. The van der Waals surface area contributed by atoms with Crippen LogP contribution in [0.15, 0.2) is 97.2 Å². The van der Waals surface area contributed by atoms with E-state index in [1.165, 1.54) is 103 Å². The summed E-state index contributed by atoms with van der Waals surface area (Å²) in [5, 5.41) is 12.7. The van der Waals surface area contributed by atoms with E-state index in [4.69, 9.17) is 13.8 Å². The van der Waals surface area contributed by atoms with Gasteiger partial charge in [0, 0.05) is 19.4 Å². The van der Waals surface area contributed by atoms with Crippen LogP contribution in [0.1, 0.15) is 206 Å². The highest BCUT2D eigenvalue weighted by Gasteiger charge is 2.23. The summed E-state index contributed by atoms with van der Waals surface area (Å²) in [4.78, 5) is 34.1. The molecule has 2 atom stereocenters. The molecule has 9 nitrogen and oxygen atoms in total. The molecule has 3 N–H and O–H groups in total. The highest BCUT2D eigenvalue weighted by molar-refractivity contribution is 7.47. The summed E-state index contributed by atoms with van der Waals surface area (Å²) < 4.78 is 26.9. The lowest BCUT2D eigenvalue weighted by molar-refractivity contribution is -0.147. The molecule has 10 heteroatoms. The van der Waals surface area contributed by atoms with Crippen molar-refractivity contribution in [3.63, 3.8) is 0 Å². The van der Waals surface area contributed by atoms with Gasteiger partial charge in [0.15, 0.2) is 0 Å². The van der Waals surface area contributed by atoms with Crippen LogP contribution in [-0.4, -0.2) is 54.3 Å². The molecule has 1 amide bonds. The number of nitrogens with one attached hydrogen (secondary N) is 1. The molecule has 0 spiro atoms. The summed E-state index contributed by atoms with van der Waals surface area (Å²) >= 11 is 0. The van der Waals surface area contributed by atoms with Crippen LogP contribution in [0.3, 0.4) is 0 Å². The number of carbonyl (C=O) groups is 2. The highest BCUT2D eigenvalue weighted by atomic mass is 31.2. The van der Waals surface area contributed by atoms with Crippen molar-refractivity contribution >= 4 is 19.7 Å². The van der Waals surface area contributed by atoms with Crippen LogP contribution in [0.25, 0.3) is 0 Å². The molecule has 372 valence electrons. The fourth-order valence-corrected chi connectivity index (χ4v) is 7.42. The maximum atomic E-state index is 12.2. The summed E-state index contributed by atoms with van der Waals surface area (Å²) in [6.07, 6.45) is 66.4. The molecule has 0 aliphatic carbocycles. The zero-order chi connectivity index (χ0) is 47.4. The van der Waals surface area contributed by atoms with E-state index in [2.05, 4.69) is 110 Å². The Morgan fingerprint density at radius 3 is 1.37 bits per heavy atom. The molecule has 0 heterocycles. The van der Waals surface area contributed by atoms with Crippen molar-refractivity contribution in [2.45, 2.75) is 213 Å². The second kappa shape index (κ2) is 50.3. The van der Waals surface area contributed by atoms with Crippen LogP contribution < -0.4 is 5.32 Å². The third-order valence-corrected chi connectivity index (χ3v) is 11.5. The van der Waals surface area contributed by atoms with Gasteiger partial charge in [-0.25, -0.2) is 4.57 Å². The number of carbonyl (C=O) groups excluding carboxylic acids is 2. The van der Waals surface area contributed by atoms with E-state index in [1.54, 1.807) is 0 Å². The van der Waals surface area contributed by atoms with Crippen molar-refractivity contribution < 1.29 is 37.9 Å². The van der Waals surface area contributed by atoms with Gasteiger partial charge in [-0.1, -0.05) is 201 Å². The molecule has 0 aliphatic rings. The van der Waals surface area contributed by atoms with E-state index in [1.807, 2.05) is 6.08 Å². The molecule has 0 bridgehead atoms. The number of hydrogen-bond donors (Lipinski definition) is 3. The summed E-state index contributed by atoms with van der Waals surface area (Å²) in [7, 11) is -4.44. The number of allylic oxidation sites excluding steroid dienone is 16. The number of esters is 1. The first-order valence-electron chi connectivity index (χ1n) is 25.7. The number of rotatable bonds is 47. The fourth-order valence-electron chi connectivity index (χ4n) is 6.66. The van der Waals surface area contributed by atoms with Crippen LogP contribution in [-0.2, 0) is 27.9 Å². The molecule has 0 rings (SSSR count). The zero-order valence-corrected chi connectivity index (χ0v) is 42.0. The minimum Gasteiger partial charge on any atom is -0.463 e. The molecule has 0 radical (unpaired) electrons. The van der Waals surface area contributed by atoms with E-state index in [-0.39, 0.29) is 32.1 Å². The predicted octanol–water partition coefficient (Wildman–Crippen LogP) is 15.3. The average molecular weight is 928 g/mol. The smallest absolute Gasteiger partial charge is 0.463 e. The van der Waals surface area contributed by atoms with Gasteiger partial charge in [0.1, 0.15) is 12.7 Å². The van der Waals surface area contributed by atoms with Crippen molar-refractivity contribution in [3.05, 3.63) is 97.2 Å². The van der Waals surface area contributed by atoms with Crippen molar-refractivity contribution in [2.24, 2.45) is 0 Å². The lowest BCUT2D eigenvalue weighted by atomic mass is 10.0. The van der Waals surface area contributed by atoms with Gasteiger partial charge in [0.25, 0.3) is 0 Å². The topological polar surface area (TPSA) is 131 Å². The van der Waals surface area contributed by atoms with Crippen molar-refractivity contribution in [1.29, 1.82) is 0 Å². The first kappa shape index (κ1) is 61.9. The van der Waals surface area contributed by atoms with Gasteiger partial charge in [-0.3, -0.25) is 18.6 Å². The minimum atomic E-state index is -4.44. The molecule has 0 aromatic carbocycles. The summed E-state index contributed by atoms with van der Waals surface area (Å²) in [6.45, 7) is 3.38. The SMILES string of the molecule is CC/C=C\C/C=C\C/C=C\C/C=C\C/C=C\C/C=C\C/C=C\CCCC(=O)OCC(O)COP(=O)(O)OCCNC(=O)CCCCCCCCCCCCC/C=C/CCCCCCCC. The Labute approximate surface area is 397 Å². The molecule has 65 heavy (non-hydrogen) atoms. The maximum absolute atomic E-state index is 12.2. The molecule has 0 aromatic rings. The van der Waals surface area contributed by atoms with E-state index in [9.17, 15) is 24.2 Å². The first-order valence-corrected chi connectivity index (χ1v) is 27.2. The summed E-state index contributed by atoms with van der Waals surface area (Å²) in [6, 6.07) is 0. The van der Waals surface area contributed by atoms with Crippen LogP contribution >= 0.6 is 7.82 Å². The average Bonchev–Trinajstić information content (AvgIpc) is 3.29. The Hall–Kier alpha value is -3.07. The Bertz CT molecular complexity index is 1380. The van der Waals surface area contributed by atoms with Gasteiger partial charge in [-0.2, -0.15) is 0 Å². The Kier molecular flexibility index (Phi) is 48.0. The second-order valence-electron chi connectivity index (χ2n) is 16.8. The van der Waals surface area contributed by atoms with Crippen LogP contribution in [0.2, 0.25) is 0 Å². The lowest BCUT2D eigenvalue weighted by Gasteiger charge is -2.15. The number of aliphatic hydroxyl groups excluding tert-OH is 1. The first-order chi connectivity index (χ1) is 31.8. The Morgan fingerprint density at radius 2 is 0.892 bits per heavy atom. The van der Waals surface area contributed by atoms with E-state index >= 15 is 0 Å². The lowest BCUT2D eigenvalue weighted by Crippen LogP contribution is -2.27. The van der Waals surface area contributed by atoms with E-state index in [0.717, 1.165) is 70.6 Å². The molecular weight excluding hydrogens is 834 g/mol. The molecule has 0 saturated heterocycles. The normalized spacial score (nSPS) is 14.0. The number of ether oxygens (including phenoxy) is 1. The Morgan fingerprint density at radius 1 is 0.492 bits per heavy atom. The van der Waals surface area contributed by atoms with Gasteiger partial charge in [-0.05, 0) is 89.9 Å². The highest BCUT2D eigenvalue weighted by Crippen LogP contribution is 2.42. The predicted molar refractivity (Wildman–Crippen MR) is 275 cm³/mol. The molecule has 0 aliphatic heterocycles. The summed E-state index contributed by atoms with van der Waals surface area (Å²) in [5.41, 5.74) is 0. The number of aliphatic hydroxyl groups is 1. The summed E-state index contributed by atoms with van der Waals surface area (Å²) in [5.74, 6) is -0.581. The van der Waals surface area contributed by atoms with Crippen molar-refractivity contribution in [1.82, 2.24) is 5.32 Å². The quantitative estimate of drug-likeness (QED) is 0.0238. The van der Waals surface area contributed by atoms with Crippen LogP contribution in [0, 0.1) is 0 Å². The van der Waals surface area contributed by atoms with Crippen molar-refractivity contribution in [3.8, 4) is 0 Å².